The summed E-state index contributed by atoms with van der Waals surface area (Å²) in [5.74, 6) is 0.943. The summed E-state index contributed by atoms with van der Waals surface area (Å²) in [7, 11) is 0. The molecule has 1 fully saturated rings. The number of benzene rings is 2. The molecular weight excluding hydrogens is 246 g/mol. The van der Waals surface area contributed by atoms with Crippen LogP contribution in [0.5, 0.6) is 0 Å². The molecule has 3 unspecified atom stereocenters. The molecule has 3 atom stereocenters. The molecule has 0 saturated carbocycles. The van der Waals surface area contributed by atoms with Gasteiger partial charge in [0.05, 0.1) is 6.61 Å². The zero-order chi connectivity index (χ0) is 13.8. The van der Waals surface area contributed by atoms with Gasteiger partial charge in [-0.15, -0.1) is 0 Å². The molecule has 2 heteroatoms. The zero-order valence-electron chi connectivity index (χ0n) is 11.6. The summed E-state index contributed by atoms with van der Waals surface area (Å²) >= 11 is 0. The van der Waals surface area contributed by atoms with E-state index in [1.165, 1.54) is 11.1 Å². The van der Waals surface area contributed by atoms with Gasteiger partial charge in [0.25, 0.3) is 0 Å². The molecule has 0 bridgehead atoms. The Morgan fingerprint density at radius 1 is 0.850 bits per heavy atom. The summed E-state index contributed by atoms with van der Waals surface area (Å²) < 4.78 is 0. The van der Waals surface area contributed by atoms with Gasteiger partial charge in [0.15, 0.2) is 0 Å². The van der Waals surface area contributed by atoms with Crippen LogP contribution in [0.1, 0.15) is 29.4 Å². The number of aliphatic hydroxyl groups excluding tert-OH is 1. The van der Waals surface area contributed by atoms with Crippen molar-refractivity contribution in [3.63, 3.8) is 0 Å². The molecule has 2 aromatic rings. The van der Waals surface area contributed by atoms with E-state index < -0.39 is 0 Å². The predicted octanol–water partition coefficient (Wildman–Crippen LogP) is 2.91. The van der Waals surface area contributed by atoms with Crippen molar-refractivity contribution in [1.29, 1.82) is 0 Å². The second-order valence-electron chi connectivity index (χ2n) is 5.56. The Morgan fingerprint density at radius 2 is 1.40 bits per heavy atom. The Labute approximate surface area is 120 Å². The largest absolute Gasteiger partial charge is 0.395 e. The van der Waals surface area contributed by atoms with E-state index >= 15 is 0 Å². The van der Waals surface area contributed by atoms with E-state index in [1.54, 1.807) is 0 Å². The Morgan fingerprint density at radius 3 is 1.95 bits per heavy atom. The average molecular weight is 267 g/mol. The van der Waals surface area contributed by atoms with E-state index in [1.807, 2.05) is 0 Å². The Kier molecular flexibility index (Phi) is 4.14. The van der Waals surface area contributed by atoms with Gasteiger partial charge in [-0.05, 0) is 23.5 Å². The van der Waals surface area contributed by atoms with Crippen LogP contribution in [0.3, 0.4) is 0 Å². The number of aliphatic hydroxyl groups is 1. The zero-order valence-corrected chi connectivity index (χ0v) is 11.6. The molecule has 2 nitrogen and oxygen atoms in total. The second kappa shape index (κ2) is 6.21. The maximum Gasteiger partial charge on any atom is 0.0584 e. The molecule has 20 heavy (non-hydrogen) atoms. The van der Waals surface area contributed by atoms with E-state index in [0.717, 1.165) is 13.0 Å². The number of hydrogen-bond donors (Lipinski definition) is 2. The van der Waals surface area contributed by atoms with Crippen molar-refractivity contribution in [2.24, 2.45) is 0 Å². The van der Waals surface area contributed by atoms with Gasteiger partial charge in [0.1, 0.15) is 0 Å². The first-order chi connectivity index (χ1) is 9.88. The highest BCUT2D eigenvalue weighted by Crippen LogP contribution is 2.38. The maximum absolute atomic E-state index is 9.45. The topological polar surface area (TPSA) is 32.3 Å². The summed E-state index contributed by atoms with van der Waals surface area (Å²) in [5, 5.41) is 12.9. The standard InChI is InChI=1S/C18H21NO/c20-13-16-11-17(14-7-3-1-4-8-14)18(12-19-16)15-9-5-2-6-10-15/h1-10,16-20H,11-13H2. The van der Waals surface area contributed by atoms with Gasteiger partial charge < -0.3 is 10.4 Å². The Bertz CT molecular complexity index is 526. The average Bonchev–Trinajstić information content (AvgIpc) is 2.56. The molecule has 0 radical (unpaired) electrons. The molecule has 0 aromatic heterocycles. The minimum Gasteiger partial charge on any atom is -0.395 e. The summed E-state index contributed by atoms with van der Waals surface area (Å²) in [6.45, 7) is 1.14. The van der Waals surface area contributed by atoms with E-state index in [-0.39, 0.29) is 12.6 Å². The van der Waals surface area contributed by atoms with Gasteiger partial charge in [-0.2, -0.15) is 0 Å². The van der Waals surface area contributed by atoms with Crippen molar-refractivity contribution in [2.75, 3.05) is 13.2 Å². The van der Waals surface area contributed by atoms with Gasteiger partial charge in [0.2, 0.25) is 0 Å². The molecule has 0 amide bonds. The predicted molar refractivity (Wildman–Crippen MR) is 81.9 cm³/mol. The van der Waals surface area contributed by atoms with Gasteiger partial charge in [-0.25, -0.2) is 0 Å². The SMILES string of the molecule is OCC1CC(c2ccccc2)C(c2ccccc2)CN1. The third kappa shape index (κ3) is 2.77. The van der Waals surface area contributed by atoms with Crippen molar-refractivity contribution < 1.29 is 5.11 Å². The van der Waals surface area contributed by atoms with Crippen LogP contribution in [0.15, 0.2) is 60.7 Å². The fourth-order valence-electron chi connectivity index (χ4n) is 3.25. The number of nitrogens with one attached hydrogen (secondary N) is 1. The normalized spacial score (nSPS) is 26.4. The third-order valence-electron chi connectivity index (χ3n) is 4.33. The molecule has 3 rings (SSSR count). The first-order valence-corrected chi connectivity index (χ1v) is 7.32. The van der Waals surface area contributed by atoms with Gasteiger partial charge in [-0.1, -0.05) is 60.7 Å². The summed E-state index contributed by atoms with van der Waals surface area (Å²) in [6.07, 6.45) is 0.986. The molecule has 104 valence electrons. The van der Waals surface area contributed by atoms with Crippen molar-refractivity contribution in [1.82, 2.24) is 5.32 Å². The monoisotopic (exact) mass is 267 g/mol. The van der Waals surface area contributed by atoms with Crippen LogP contribution in [0.25, 0.3) is 0 Å². The Balaban J connectivity index is 1.91. The van der Waals surface area contributed by atoms with Crippen LogP contribution in [-0.2, 0) is 0 Å². The smallest absolute Gasteiger partial charge is 0.0584 e. The maximum atomic E-state index is 9.45. The van der Waals surface area contributed by atoms with Crippen LogP contribution in [0, 0.1) is 0 Å². The minimum absolute atomic E-state index is 0.208. The fourth-order valence-corrected chi connectivity index (χ4v) is 3.25. The van der Waals surface area contributed by atoms with E-state index in [4.69, 9.17) is 0 Å². The van der Waals surface area contributed by atoms with Crippen molar-refractivity contribution in [3.05, 3.63) is 71.8 Å². The first-order valence-electron chi connectivity index (χ1n) is 7.32. The second-order valence-corrected chi connectivity index (χ2v) is 5.56. The van der Waals surface area contributed by atoms with Crippen LogP contribution in [-0.4, -0.2) is 24.3 Å². The van der Waals surface area contributed by atoms with E-state index in [0.29, 0.717) is 11.8 Å². The fraction of sp³-hybridized carbons (Fsp3) is 0.333. The summed E-state index contributed by atoms with van der Waals surface area (Å²) in [4.78, 5) is 0. The van der Waals surface area contributed by atoms with Crippen LogP contribution in [0.4, 0.5) is 0 Å². The highest BCUT2D eigenvalue weighted by Gasteiger charge is 2.31. The quantitative estimate of drug-likeness (QED) is 0.896. The number of rotatable bonds is 3. The third-order valence-corrected chi connectivity index (χ3v) is 4.33. The highest BCUT2D eigenvalue weighted by atomic mass is 16.3. The van der Waals surface area contributed by atoms with Crippen LogP contribution in [0.2, 0.25) is 0 Å². The van der Waals surface area contributed by atoms with Gasteiger partial charge >= 0.3 is 0 Å². The van der Waals surface area contributed by atoms with Gasteiger partial charge in [0, 0.05) is 18.5 Å². The number of hydrogen-bond acceptors (Lipinski definition) is 2. The molecular formula is C18H21NO. The lowest BCUT2D eigenvalue weighted by Crippen LogP contribution is -2.43. The minimum atomic E-state index is 0.208. The summed E-state index contributed by atoms with van der Waals surface area (Å²) in [5.41, 5.74) is 2.76. The van der Waals surface area contributed by atoms with E-state index in [9.17, 15) is 5.11 Å². The lowest BCUT2D eigenvalue weighted by molar-refractivity contribution is 0.201. The highest BCUT2D eigenvalue weighted by molar-refractivity contribution is 5.30. The summed E-state index contributed by atoms with van der Waals surface area (Å²) in [6, 6.07) is 21.6. The van der Waals surface area contributed by atoms with Crippen molar-refractivity contribution in [2.45, 2.75) is 24.3 Å². The molecule has 0 aliphatic carbocycles. The number of piperidine rings is 1. The Hall–Kier alpha value is -1.64. The molecule has 1 aliphatic rings. The molecule has 1 aliphatic heterocycles. The lowest BCUT2D eigenvalue weighted by atomic mass is 9.75. The molecule has 2 N–H and O–H groups in total. The lowest BCUT2D eigenvalue weighted by Gasteiger charge is -2.37. The van der Waals surface area contributed by atoms with Gasteiger partial charge in [-0.3, -0.25) is 0 Å². The van der Waals surface area contributed by atoms with Crippen molar-refractivity contribution >= 4 is 0 Å². The molecule has 0 spiro atoms. The molecule has 1 heterocycles. The molecule has 1 saturated heterocycles. The van der Waals surface area contributed by atoms with Crippen LogP contribution >= 0.6 is 0 Å². The van der Waals surface area contributed by atoms with Crippen molar-refractivity contribution in [3.8, 4) is 0 Å². The molecule has 2 aromatic carbocycles. The van der Waals surface area contributed by atoms with Crippen LogP contribution < -0.4 is 5.32 Å². The first kappa shape index (κ1) is 13.3. The van der Waals surface area contributed by atoms with E-state index in [2.05, 4.69) is 66.0 Å².